The second-order valence-electron chi connectivity index (χ2n) is 5.28. The number of nitrogens with zero attached hydrogens (tertiary/aromatic N) is 1. The van der Waals surface area contributed by atoms with E-state index < -0.39 is 0 Å². The van der Waals surface area contributed by atoms with E-state index in [2.05, 4.69) is 44.7 Å². The van der Waals surface area contributed by atoms with E-state index in [1.165, 1.54) is 5.56 Å². The summed E-state index contributed by atoms with van der Waals surface area (Å²) in [5, 5.41) is 13.6. The lowest BCUT2D eigenvalue weighted by atomic mass is 10.1. The predicted octanol–water partition coefficient (Wildman–Crippen LogP) is 1.79. The fourth-order valence-electron chi connectivity index (χ4n) is 1.71. The van der Waals surface area contributed by atoms with Gasteiger partial charge in [0.1, 0.15) is 0 Å². The van der Waals surface area contributed by atoms with Crippen molar-refractivity contribution in [2.24, 2.45) is 10.9 Å². The zero-order valence-corrected chi connectivity index (χ0v) is 14.1. The molecule has 5 nitrogen and oxygen atoms in total. The minimum absolute atomic E-state index is 0.0221. The standard InChI is InChI=1S/C15H26N4OS/c1-11(2)14(20)17-6-7-18-15(16-4)19-9-12(3)13-5-8-21-10-13/h5,8,10-12H,6-7,9H2,1-4H3,(H,17,20)(H2,16,18,19). The van der Waals surface area contributed by atoms with Crippen molar-refractivity contribution in [3.8, 4) is 0 Å². The number of rotatable bonds is 7. The second-order valence-corrected chi connectivity index (χ2v) is 6.06. The van der Waals surface area contributed by atoms with E-state index >= 15 is 0 Å². The van der Waals surface area contributed by atoms with E-state index in [1.807, 2.05) is 13.8 Å². The summed E-state index contributed by atoms with van der Waals surface area (Å²) in [5.41, 5.74) is 1.34. The largest absolute Gasteiger partial charge is 0.356 e. The van der Waals surface area contributed by atoms with Crippen molar-refractivity contribution in [1.29, 1.82) is 0 Å². The molecule has 0 aliphatic rings. The van der Waals surface area contributed by atoms with Gasteiger partial charge in [-0.3, -0.25) is 9.79 Å². The van der Waals surface area contributed by atoms with Crippen LogP contribution in [0.25, 0.3) is 0 Å². The van der Waals surface area contributed by atoms with Crippen molar-refractivity contribution in [1.82, 2.24) is 16.0 Å². The zero-order chi connectivity index (χ0) is 15.7. The van der Waals surface area contributed by atoms with Crippen LogP contribution in [0.1, 0.15) is 32.3 Å². The molecular weight excluding hydrogens is 284 g/mol. The van der Waals surface area contributed by atoms with E-state index in [4.69, 9.17) is 0 Å². The van der Waals surface area contributed by atoms with Crippen molar-refractivity contribution in [3.05, 3.63) is 22.4 Å². The van der Waals surface area contributed by atoms with Crippen LogP contribution in [0.2, 0.25) is 0 Å². The van der Waals surface area contributed by atoms with Crippen molar-refractivity contribution in [2.75, 3.05) is 26.7 Å². The van der Waals surface area contributed by atoms with Crippen molar-refractivity contribution < 1.29 is 4.79 Å². The lowest BCUT2D eigenvalue weighted by Crippen LogP contribution is -2.43. The average molecular weight is 310 g/mol. The third-order valence-electron chi connectivity index (χ3n) is 3.15. The maximum Gasteiger partial charge on any atom is 0.222 e. The molecule has 1 aromatic rings. The van der Waals surface area contributed by atoms with Crippen LogP contribution in [0.4, 0.5) is 0 Å². The molecule has 0 saturated heterocycles. The first-order valence-corrected chi connectivity index (χ1v) is 8.23. The number of guanidine groups is 1. The van der Waals surface area contributed by atoms with Crippen LogP contribution < -0.4 is 16.0 Å². The molecule has 0 bridgehead atoms. The van der Waals surface area contributed by atoms with Gasteiger partial charge >= 0.3 is 0 Å². The predicted molar refractivity (Wildman–Crippen MR) is 89.9 cm³/mol. The molecule has 1 amide bonds. The monoisotopic (exact) mass is 310 g/mol. The van der Waals surface area contributed by atoms with Gasteiger partial charge in [0, 0.05) is 32.6 Å². The molecular formula is C15H26N4OS. The zero-order valence-electron chi connectivity index (χ0n) is 13.3. The number of hydrogen-bond acceptors (Lipinski definition) is 3. The molecule has 1 rings (SSSR count). The van der Waals surface area contributed by atoms with Gasteiger partial charge < -0.3 is 16.0 Å². The van der Waals surface area contributed by atoms with Gasteiger partial charge in [0.25, 0.3) is 0 Å². The first kappa shape index (κ1) is 17.5. The van der Waals surface area contributed by atoms with Crippen LogP contribution in [-0.2, 0) is 4.79 Å². The molecule has 0 fully saturated rings. The summed E-state index contributed by atoms with van der Waals surface area (Å²) in [4.78, 5) is 15.6. The number of carbonyl (C=O) groups excluding carboxylic acids is 1. The topological polar surface area (TPSA) is 65.5 Å². The number of thiophene rings is 1. The summed E-state index contributed by atoms with van der Waals surface area (Å²) in [7, 11) is 1.75. The first-order chi connectivity index (χ1) is 10.0. The molecule has 0 saturated carbocycles. The lowest BCUT2D eigenvalue weighted by molar-refractivity contribution is -0.123. The van der Waals surface area contributed by atoms with Crippen molar-refractivity contribution in [2.45, 2.75) is 26.7 Å². The molecule has 0 aromatic carbocycles. The van der Waals surface area contributed by atoms with Gasteiger partial charge in [-0.15, -0.1) is 0 Å². The van der Waals surface area contributed by atoms with Gasteiger partial charge in [-0.25, -0.2) is 0 Å². The Hall–Kier alpha value is -1.56. The van der Waals surface area contributed by atoms with E-state index in [-0.39, 0.29) is 11.8 Å². The molecule has 0 radical (unpaired) electrons. The van der Waals surface area contributed by atoms with E-state index in [1.54, 1.807) is 18.4 Å². The van der Waals surface area contributed by atoms with Gasteiger partial charge in [-0.05, 0) is 28.3 Å². The van der Waals surface area contributed by atoms with Crippen molar-refractivity contribution in [3.63, 3.8) is 0 Å². The van der Waals surface area contributed by atoms with Gasteiger partial charge in [0.05, 0.1) is 0 Å². The molecule has 118 valence electrons. The number of nitrogens with one attached hydrogen (secondary N) is 3. The molecule has 0 aliphatic carbocycles. The van der Waals surface area contributed by atoms with Gasteiger partial charge in [-0.2, -0.15) is 11.3 Å². The van der Waals surface area contributed by atoms with E-state index in [9.17, 15) is 4.79 Å². The number of carbonyl (C=O) groups is 1. The van der Waals surface area contributed by atoms with Gasteiger partial charge in [0.15, 0.2) is 5.96 Å². The third-order valence-corrected chi connectivity index (χ3v) is 3.85. The number of hydrogen-bond donors (Lipinski definition) is 3. The fourth-order valence-corrected chi connectivity index (χ4v) is 2.50. The molecule has 21 heavy (non-hydrogen) atoms. The molecule has 1 heterocycles. The quantitative estimate of drug-likeness (QED) is 0.409. The third kappa shape index (κ3) is 6.62. The molecule has 3 N–H and O–H groups in total. The Bertz CT molecular complexity index is 443. The Morgan fingerprint density at radius 2 is 1.95 bits per heavy atom. The smallest absolute Gasteiger partial charge is 0.222 e. The summed E-state index contributed by atoms with van der Waals surface area (Å²) >= 11 is 1.72. The summed E-state index contributed by atoms with van der Waals surface area (Å²) in [5.74, 6) is 1.30. The van der Waals surface area contributed by atoms with Crippen LogP contribution in [0.3, 0.4) is 0 Å². The van der Waals surface area contributed by atoms with Crippen LogP contribution in [0.5, 0.6) is 0 Å². The maximum absolute atomic E-state index is 11.4. The van der Waals surface area contributed by atoms with Gasteiger partial charge in [-0.1, -0.05) is 20.8 Å². The highest BCUT2D eigenvalue weighted by molar-refractivity contribution is 7.07. The Morgan fingerprint density at radius 3 is 2.52 bits per heavy atom. The minimum atomic E-state index is 0.0221. The van der Waals surface area contributed by atoms with Crippen LogP contribution in [0.15, 0.2) is 21.8 Å². The summed E-state index contributed by atoms with van der Waals surface area (Å²) < 4.78 is 0. The summed E-state index contributed by atoms with van der Waals surface area (Å²) in [6, 6.07) is 2.15. The van der Waals surface area contributed by atoms with Crippen LogP contribution in [0, 0.1) is 5.92 Å². The minimum Gasteiger partial charge on any atom is -0.356 e. The highest BCUT2D eigenvalue weighted by Gasteiger charge is 2.07. The Morgan fingerprint density at radius 1 is 1.24 bits per heavy atom. The summed E-state index contributed by atoms with van der Waals surface area (Å²) in [6.45, 7) is 8.03. The van der Waals surface area contributed by atoms with Crippen molar-refractivity contribution >= 4 is 23.2 Å². The highest BCUT2D eigenvalue weighted by Crippen LogP contribution is 2.16. The Balaban J connectivity index is 2.22. The lowest BCUT2D eigenvalue weighted by Gasteiger charge is -2.16. The SMILES string of the molecule is CN=C(NCCNC(=O)C(C)C)NCC(C)c1ccsc1. The fraction of sp³-hybridized carbons (Fsp3) is 0.600. The second kappa shape index (κ2) is 9.39. The maximum atomic E-state index is 11.4. The Labute approximate surface area is 131 Å². The number of amides is 1. The Kier molecular flexibility index (Phi) is 7.82. The molecule has 0 spiro atoms. The molecule has 0 aliphatic heterocycles. The van der Waals surface area contributed by atoms with E-state index in [0.717, 1.165) is 12.5 Å². The highest BCUT2D eigenvalue weighted by atomic mass is 32.1. The molecule has 1 aromatic heterocycles. The molecule has 1 unspecified atom stereocenters. The van der Waals surface area contributed by atoms with Gasteiger partial charge in [0.2, 0.25) is 5.91 Å². The van der Waals surface area contributed by atoms with Crippen LogP contribution in [-0.4, -0.2) is 38.5 Å². The average Bonchev–Trinajstić information content (AvgIpc) is 3.00. The van der Waals surface area contributed by atoms with E-state index in [0.29, 0.717) is 19.0 Å². The number of aliphatic imine (C=N–C) groups is 1. The normalized spacial score (nSPS) is 13.1. The summed E-state index contributed by atoms with van der Waals surface area (Å²) in [6.07, 6.45) is 0. The first-order valence-electron chi connectivity index (χ1n) is 7.29. The molecule has 6 heteroatoms. The van der Waals surface area contributed by atoms with Crippen LogP contribution >= 0.6 is 11.3 Å². The molecule has 1 atom stereocenters.